The first-order valence-corrected chi connectivity index (χ1v) is 15.2. The van der Waals surface area contributed by atoms with E-state index in [0.29, 0.717) is 26.7 Å². The van der Waals surface area contributed by atoms with Gasteiger partial charge < -0.3 is 29.6 Å². The van der Waals surface area contributed by atoms with Crippen LogP contribution in [0.5, 0.6) is 11.5 Å². The highest BCUT2D eigenvalue weighted by atomic mass is 32.2. The number of nitrogens with zero attached hydrogens (tertiary/aromatic N) is 1. The second kappa shape index (κ2) is 12.9. The van der Waals surface area contributed by atoms with Crippen LogP contribution < -0.4 is 19.7 Å². The smallest absolute Gasteiger partial charge is 0.338 e. The Morgan fingerprint density at radius 1 is 0.977 bits per heavy atom. The number of benzene rings is 2. The number of hydrogen-bond acceptors (Lipinski definition) is 11. The van der Waals surface area contributed by atoms with Gasteiger partial charge >= 0.3 is 16.8 Å². The van der Waals surface area contributed by atoms with Crippen LogP contribution >= 0.6 is 23.1 Å². The zero-order valence-electron chi connectivity index (χ0n) is 23.5. The molecule has 3 heterocycles. The topological polar surface area (TPSA) is 181 Å². The zero-order chi connectivity index (χ0) is 31.5. The van der Waals surface area contributed by atoms with Gasteiger partial charge in [-0.25, -0.2) is 4.79 Å². The van der Waals surface area contributed by atoms with Crippen molar-refractivity contribution in [3.8, 4) is 11.5 Å². The van der Waals surface area contributed by atoms with Gasteiger partial charge in [0.2, 0.25) is 11.8 Å². The summed E-state index contributed by atoms with van der Waals surface area (Å²) in [6.07, 6.45) is 0. The normalized spacial score (nSPS) is 18.8. The number of ether oxygens (including phenoxy) is 3. The SMILES string of the molecule is CCOC(=O)c1ccc(NC(=O)COc2ccc([C@H]3c4sc(=O)[nH]c4SC4C(=O)N(CC(=O)O)C(=O)C43)cc2OCC)cc1. The van der Waals surface area contributed by atoms with Crippen LogP contribution in [0.15, 0.2) is 52.3 Å². The number of anilines is 1. The lowest BCUT2D eigenvalue weighted by Crippen LogP contribution is -2.36. The summed E-state index contributed by atoms with van der Waals surface area (Å²) in [5.74, 6) is -4.65. The number of rotatable bonds is 11. The van der Waals surface area contributed by atoms with Crippen molar-refractivity contribution in [2.75, 3.05) is 31.7 Å². The van der Waals surface area contributed by atoms with E-state index in [-0.39, 0.29) is 36.2 Å². The Bertz CT molecular complexity index is 1680. The maximum Gasteiger partial charge on any atom is 0.338 e. The molecule has 15 heteroatoms. The van der Waals surface area contributed by atoms with Crippen molar-refractivity contribution in [2.45, 2.75) is 30.0 Å². The Balaban J connectivity index is 1.36. The number of aromatic nitrogens is 1. The number of esters is 1. The molecule has 2 unspecified atom stereocenters. The molecule has 3 aromatic rings. The second-order valence-corrected chi connectivity index (χ2v) is 11.8. The van der Waals surface area contributed by atoms with Gasteiger partial charge in [0.15, 0.2) is 18.1 Å². The second-order valence-electron chi connectivity index (χ2n) is 9.68. The summed E-state index contributed by atoms with van der Waals surface area (Å²) in [5.41, 5.74) is 1.35. The minimum Gasteiger partial charge on any atom is -0.490 e. The van der Waals surface area contributed by atoms with Gasteiger partial charge in [-0.15, -0.1) is 0 Å². The molecular weight excluding hydrogens is 614 g/mol. The molecule has 2 aliphatic heterocycles. The molecule has 3 amide bonds. The van der Waals surface area contributed by atoms with Crippen LogP contribution in [0, 0.1) is 5.92 Å². The molecule has 3 N–H and O–H groups in total. The lowest BCUT2D eigenvalue weighted by atomic mass is 9.83. The fourth-order valence-electron chi connectivity index (χ4n) is 5.07. The van der Waals surface area contributed by atoms with E-state index >= 15 is 0 Å². The highest BCUT2D eigenvalue weighted by Crippen LogP contribution is 2.53. The van der Waals surface area contributed by atoms with E-state index in [2.05, 4.69) is 10.3 Å². The van der Waals surface area contributed by atoms with Crippen molar-refractivity contribution in [2.24, 2.45) is 5.92 Å². The Kier molecular flexibility index (Phi) is 9.06. The summed E-state index contributed by atoms with van der Waals surface area (Å²) >= 11 is 1.97. The third-order valence-corrected chi connectivity index (χ3v) is 9.27. The van der Waals surface area contributed by atoms with Crippen molar-refractivity contribution in [1.29, 1.82) is 0 Å². The highest BCUT2D eigenvalue weighted by Gasteiger charge is 2.56. The Morgan fingerprint density at radius 2 is 1.73 bits per heavy atom. The molecule has 13 nitrogen and oxygen atoms in total. The van der Waals surface area contributed by atoms with E-state index in [1.54, 1.807) is 44.2 Å². The number of H-pyrrole nitrogens is 1. The highest BCUT2D eigenvalue weighted by molar-refractivity contribution is 8.00. The summed E-state index contributed by atoms with van der Waals surface area (Å²) in [7, 11) is 0. The Labute approximate surface area is 258 Å². The number of amides is 3. The number of hydrogen-bond donors (Lipinski definition) is 3. The van der Waals surface area contributed by atoms with Gasteiger partial charge in [0.05, 0.1) is 29.7 Å². The number of aliphatic carboxylic acids is 1. The molecule has 0 radical (unpaired) electrons. The maximum absolute atomic E-state index is 13.4. The summed E-state index contributed by atoms with van der Waals surface area (Å²) in [4.78, 5) is 78.3. The first kappa shape index (κ1) is 30.8. The number of fused-ring (bicyclic) bond motifs is 2. The molecule has 230 valence electrons. The van der Waals surface area contributed by atoms with Crippen LogP contribution in [0.3, 0.4) is 0 Å². The van der Waals surface area contributed by atoms with Gasteiger partial charge in [0, 0.05) is 16.5 Å². The van der Waals surface area contributed by atoms with E-state index in [1.807, 2.05) is 0 Å². The van der Waals surface area contributed by atoms with Gasteiger partial charge in [0.25, 0.3) is 5.91 Å². The first-order valence-electron chi connectivity index (χ1n) is 13.5. The molecule has 0 saturated carbocycles. The number of carboxylic acids is 1. The third-order valence-electron chi connectivity index (χ3n) is 6.87. The maximum atomic E-state index is 13.4. The fraction of sp³-hybridized carbons (Fsp3) is 0.310. The lowest BCUT2D eigenvalue weighted by molar-refractivity contribution is -0.149. The number of nitrogens with one attached hydrogen (secondary N) is 2. The monoisotopic (exact) mass is 641 g/mol. The number of aromatic amines is 1. The van der Waals surface area contributed by atoms with E-state index in [0.717, 1.165) is 28.0 Å². The van der Waals surface area contributed by atoms with Crippen molar-refractivity contribution >= 4 is 58.4 Å². The molecule has 44 heavy (non-hydrogen) atoms. The first-order chi connectivity index (χ1) is 21.1. The average Bonchev–Trinajstić information content (AvgIpc) is 3.47. The zero-order valence-corrected chi connectivity index (χ0v) is 25.1. The van der Waals surface area contributed by atoms with Crippen LogP contribution in [-0.4, -0.2) is 76.3 Å². The summed E-state index contributed by atoms with van der Waals surface area (Å²) < 4.78 is 16.5. The number of imide groups is 1. The molecule has 5 rings (SSSR count). The van der Waals surface area contributed by atoms with Crippen molar-refractivity contribution in [1.82, 2.24) is 9.88 Å². The van der Waals surface area contributed by atoms with Crippen LogP contribution in [0.1, 0.15) is 40.6 Å². The summed E-state index contributed by atoms with van der Waals surface area (Å²) in [6.45, 7) is 2.84. The Morgan fingerprint density at radius 3 is 2.41 bits per heavy atom. The molecule has 2 aromatic carbocycles. The van der Waals surface area contributed by atoms with Gasteiger partial charge in [0.1, 0.15) is 11.8 Å². The van der Waals surface area contributed by atoms with Crippen LogP contribution in [0.25, 0.3) is 0 Å². The molecule has 1 aromatic heterocycles. The fourth-order valence-corrected chi connectivity index (χ4v) is 7.61. The number of thiazole rings is 1. The van der Waals surface area contributed by atoms with E-state index < -0.39 is 53.3 Å². The number of carboxylic acid groups (broad SMARTS) is 1. The minimum atomic E-state index is -1.31. The largest absolute Gasteiger partial charge is 0.490 e. The third kappa shape index (κ3) is 6.19. The minimum absolute atomic E-state index is 0.244. The molecule has 0 spiro atoms. The van der Waals surface area contributed by atoms with Crippen molar-refractivity contribution in [3.63, 3.8) is 0 Å². The van der Waals surface area contributed by atoms with Crippen molar-refractivity contribution < 1.29 is 43.3 Å². The molecule has 0 aliphatic carbocycles. The molecule has 2 aliphatic rings. The number of carbonyl (C=O) groups is 5. The molecule has 3 atom stereocenters. The predicted octanol–water partition coefficient (Wildman–Crippen LogP) is 2.71. The van der Waals surface area contributed by atoms with Gasteiger partial charge in [-0.2, -0.15) is 0 Å². The van der Waals surface area contributed by atoms with Crippen molar-refractivity contribution in [3.05, 3.63) is 68.1 Å². The van der Waals surface area contributed by atoms with Crippen LogP contribution in [-0.2, 0) is 23.9 Å². The van der Waals surface area contributed by atoms with E-state index in [9.17, 15) is 33.9 Å². The summed E-state index contributed by atoms with van der Waals surface area (Å²) in [5, 5.41) is 11.5. The number of carbonyl (C=O) groups excluding carboxylic acids is 4. The molecular formula is C29H27N3O10S2. The quantitative estimate of drug-likeness (QED) is 0.207. The van der Waals surface area contributed by atoms with Gasteiger partial charge in [-0.1, -0.05) is 29.2 Å². The predicted molar refractivity (Wildman–Crippen MR) is 158 cm³/mol. The van der Waals surface area contributed by atoms with Gasteiger partial charge in [-0.05, 0) is 55.8 Å². The molecule has 1 fully saturated rings. The average molecular weight is 642 g/mol. The Hall–Kier alpha value is -4.63. The van der Waals surface area contributed by atoms with Crippen LogP contribution in [0.4, 0.5) is 5.69 Å². The molecule has 1 saturated heterocycles. The van der Waals surface area contributed by atoms with E-state index in [4.69, 9.17) is 14.2 Å². The van der Waals surface area contributed by atoms with Crippen LogP contribution in [0.2, 0.25) is 0 Å². The lowest BCUT2D eigenvalue weighted by Gasteiger charge is -2.30. The van der Waals surface area contributed by atoms with Gasteiger partial charge in [-0.3, -0.25) is 28.9 Å². The number of likely N-dealkylation sites (tertiary alicyclic amines) is 1. The van der Waals surface area contributed by atoms with E-state index in [1.165, 1.54) is 12.1 Å². The summed E-state index contributed by atoms with van der Waals surface area (Å²) in [6, 6.07) is 11.1. The number of thioether (sulfide) groups is 1. The molecule has 0 bridgehead atoms. The standard InChI is InChI=1S/C29H27N3O10S2/c1-3-40-18-11-15(7-10-17(18)42-13-19(33)30-16-8-5-14(6-9-16)28(38)41-4-2)21-22-24(43-25-23(21)44-29(39)31-25)27(37)32(26(22)36)12-20(34)35/h5-11,21-22,24H,3-4,12-13H2,1-2H3,(H,30,33)(H,31,39)(H,34,35)/t21-,22?,24?/m1/s1.